The quantitative estimate of drug-likeness (QED) is 0.410. The summed E-state index contributed by atoms with van der Waals surface area (Å²) in [5.74, 6) is 0.459. The van der Waals surface area contributed by atoms with Crippen LogP contribution < -0.4 is 0 Å². The minimum absolute atomic E-state index is 0.162. The van der Waals surface area contributed by atoms with Gasteiger partial charge in [-0.3, -0.25) is 0 Å². The fraction of sp³-hybridized carbons (Fsp3) is 0.857. The van der Waals surface area contributed by atoms with Crippen LogP contribution in [0, 0.1) is 5.92 Å². The topological polar surface area (TPSA) is 29.6 Å². The van der Waals surface area contributed by atoms with E-state index in [1.165, 1.54) is 0 Å². The summed E-state index contributed by atoms with van der Waals surface area (Å²) < 4.78 is 5.15. The maximum Gasteiger partial charge on any atom is 0.154 e. The van der Waals surface area contributed by atoms with Crippen molar-refractivity contribution in [1.82, 2.24) is 0 Å². The van der Waals surface area contributed by atoms with Gasteiger partial charge in [-0.05, 0) is 12.8 Å². The van der Waals surface area contributed by atoms with Crippen LogP contribution in [0.15, 0.2) is 0 Å². The first-order valence-corrected chi connectivity index (χ1v) is 3.24. The SMILES string of the molecule is CC(C)C1OC1(C)C=O. The molecule has 0 saturated carbocycles. The van der Waals surface area contributed by atoms with Crippen LogP contribution in [0.2, 0.25) is 0 Å². The van der Waals surface area contributed by atoms with Crippen molar-refractivity contribution in [3.63, 3.8) is 0 Å². The lowest BCUT2D eigenvalue weighted by Gasteiger charge is -1.97. The summed E-state index contributed by atoms with van der Waals surface area (Å²) in [6.07, 6.45) is 1.05. The summed E-state index contributed by atoms with van der Waals surface area (Å²) in [6, 6.07) is 0. The lowest BCUT2D eigenvalue weighted by Crippen LogP contribution is -2.14. The van der Waals surface area contributed by atoms with Crippen molar-refractivity contribution < 1.29 is 9.53 Å². The van der Waals surface area contributed by atoms with Crippen LogP contribution in [0.4, 0.5) is 0 Å². The summed E-state index contributed by atoms with van der Waals surface area (Å²) in [5.41, 5.74) is -0.450. The number of aldehydes is 1. The molecule has 52 valence electrons. The van der Waals surface area contributed by atoms with Gasteiger partial charge in [0.15, 0.2) is 6.29 Å². The van der Waals surface area contributed by atoms with Crippen LogP contribution in [-0.4, -0.2) is 18.0 Å². The zero-order valence-corrected chi connectivity index (χ0v) is 6.05. The first kappa shape index (κ1) is 6.75. The van der Waals surface area contributed by atoms with Gasteiger partial charge in [0, 0.05) is 0 Å². The van der Waals surface area contributed by atoms with Crippen molar-refractivity contribution >= 4 is 6.29 Å². The molecule has 0 aliphatic carbocycles. The molecule has 2 heteroatoms. The molecule has 0 bridgehead atoms. The van der Waals surface area contributed by atoms with Crippen LogP contribution >= 0.6 is 0 Å². The van der Waals surface area contributed by atoms with Crippen molar-refractivity contribution in [2.45, 2.75) is 32.5 Å². The van der Waals surface area contributed by atoms with Crippen LogP contribution in [0.5, 0.6) is 0 Å². The molecular formula is C7H12O2. The van der Waals surface area contributed by atoms with Gasteiger partial charge < -0.3 is 9.53 Å². The third-order valence-corrected chi connectivity index (χ3v) is 1.73. The fourth-order valence-corrected chi connectivity index (χ4v) is 1.13. The van der Waals surface area contributed by atoms with E-state index in [0.717, 1.165) is 6.29 Å². The Hall–Kier alpha value is -0.370. The lowest BCUT2D eigenvalue weighted by atomic mass is 10.0. The molecule has 0 radical (unpaired) electrons. The Kier molecular flexibility index (Phi) is 1.35. The largest absolute Gasteiger partial charge is 0.358 e. The van der Waals surface area contributed by atoms with Crippen LogP contribution in [0.1, 0.15) is 20.8 Å². The maximum absolute atomic E-state index is 10.3. The van der Waals surface area contributed by atoms with E-state index in [1.54, 1.807) is 0 Å². The molecule has 1 saturated heterocycles. The number of carbonyl (C=O) groups is 1. The standard InChI is InChI=1S/C7H12O2/c1-5(2)6-7(3,4-8)9-6/h4-6H,1-3H3. The molecule has 1 fully saturated rings. The molecule has 1 rings (SSSR count). The Labute approximate surface area is 55.2 Å². The van der Waals surface area contributed by atoms with Crippen molar-refractivity contribution in [2.75, 3.05) is 0 Å². The fourth-order valence-electron chi connectivity index (χ4n) is 1.13. The molecule has 0 aromatic rings. The lowest BCUT2D eigenvalue weighted by molar-refractivity contribution is -0.111. The number of hydrogen-bond donors (Lipinski definition) is 0. The van der Waals surface area contributed by atoms with Gasteiger partial charge in [-0.25, -0.2) is 0 Å². The van der Waals surface area contributed by atoms with E-state index in [2.05, 4.69) is 13.8 Å². The Morgan fingerprint density at radius 2 is 2.22 bits per heavy atom. The van der Waals surface area contributed by atoms with Crippen LogP contribution in [0.3, 0.4) is 0 Å². The molecule has 0 N–H and O–H groups in total. The molecule has 0 spiro atoms. The van der Waals surface area contributed by atoms with Crippen molar-refractivity contribution in [1.29, 1.82) is 0 Å². The summed E-state index contributed by atoms with van der Waals surface area (Å²) in [6.45, 7) is 5.93. The molecule has 0 aromatic heterocycles. The molecule has 2 unspecified atom stereocenters. The zero-order chi connectivity index (χ0) is 7.07. The Balaban J connectivity index is 2.47. The van der Waals surface area contributed by atoms with E-state index in [-0.39, 0.29) is 6.10 Å². The monoisotopic (exact) mass is 128 g/mol. The average molecular weight is 128 g/mol. The highest BCUT2D eigenvalue weighted by molar-refractivity contribution is 5.67. The second-order valence-electron chi connectivity index (χ2n) is 3.08. The van der Waals surface area contributed by atoms with E-state index in [0.29, 0.717) is 5.92 Å². The van der Waals surface area contributed by atoms with Gasteiger partial charge in [0.25, 0.3) is 0 Å². The predicted octanol–water partition coefficient (Wildman–Crippen LogP) is 0.999. The van der Waals surface area contributed by atoms with Gasteiger partial charge in [-0.1, -0.05) is 13.8 Å². The molecule has 1 aliphatic rings. The second-order valence-corrected chi connectivity index (χ2v) is 3.08. The van der Waals surface area contributed by atoms with Crippen molar-refractivity contribution in [3.8, 4) is 0 Å². The Morgan fingerprint density at radius 3 is 2.33 bits per heavy atom. The molecule has 2 atom stereocenters. The second kappa shape index (κ2) is 1.81. The minimum Gasteiger partial charge on any atom is -0.358 e. The number of epoxide rings is 1. The van der Waals surface area contributed by atoms with E-state index in [9.17, 15) is 4.79 Å². The highest BCUT2D eigenvalue weighted by Crippen LogP contribution is 2.38. The molecule has 0 aromatic carbocycles. The molecule has 2 nitrogen and oxygen atoms in total. The van der Waals surface area contributed by atoms with E-state index < -0.39 is 5.60 Å². The number of ether oxygens (including phenoxy) is 1. The van der Waals surface area contributed by atoms with E-state index >= 15 is 0 Å². The number of rotatable bonds is 2. The van der Waals surface area contributed by atoms with Gasteiger partial charge in [-0.15, -0.1) is 0 Å². The average Bonchev–Trinajstić information content (AvgIpc) is 2.44. The van der Waals surface area contributed by atoms with Gasteiger partial charge in [0.2, 0.25) is 0 Å². The summed E-state index contributed by atoms with van der Waals surface area (Å²) in [7, 11) is 0. The minimum atomic E-state index is -0.450. The Bertz CT molecular complexity index is 131. The maximum atomic E-state index is 10.3. The summed E-state index contributed by atoms with van der Waals surface area (Å²) in [5, 5.41) is 0. The highest BCUT2D eigenvalue weighted by Gasteiger charge is 2.53. The van der Waals surface area contributed by atoms with Crippen LogP contribution in [0.25, 0.3) is 0 Å². The predicted molar refractivity (Wildman–Crippen MR) is 34.2 cm³/mol. The van der Waals surface area contributed by atoms with E-state index in [4.69, 9.17) is 4.74 Å². The van der Waals surface area contributed by atoms with Gasteiger partial charge in [0.05, 0.1) is 6.10 Å². The molecule has 1 heterocycles. The van der Waals surface area contributed by atoms with Gasteiger partial charge in [0.1, 0.15) is 5.60 Å². The third kappa shape index (κ3) is 0.990. The first-order valence-electron chi connectivity index (χ1n) is 3.24. The van der Waals surface area contributed by atoms with Crippen molar-refractivity contribution in [3.05, 3.63) is 0 Å². The first-order chi connectivity index (χ1) is 4.10. The van der Waals surface area contributed by atoms with Gasteiger partial charge >= 0.3 is 0 Å². The van der Waals surface area contributed by atoms with E-state index in [1.807, 2.05) is 6.92 Å². The molecule has 9 heavy (non-hydrogen) atoms. The third-order valence-electron chi connectivity index (χ3n) is 1.73. The summed E-state index contributed by atoms with van der Waals surface area (Å²) >= 11 is 0. The zero-order valence-electron chi connectivity index (χ0n) is 6.05. The normalized spacial score (nSPS) is 41.1. The number of carbonyl (C=O) groups excluding carboxylic acids is 1. The van der Waals surface area contributed by atoms with Crippen LogP contribution in [-0.2, 0) is 9.53 Å². The highest BCUT2D eigenvalue weighted by atomic mass is 16.6. The Morgan fingerprint density at radius 1 is 1.67 bits per heavy atom. The van der Waals surface area contributed by atoms with Gasteiger partial charge in [-0.2, -0.15) is 0 Å². The molecular weight excluding hydrogens is 116 g/mol. The molecule has 0 amide bonds. The summed E-state index contributed by atoms with van der Waals surface area (Å²) in [4.78, 5) is 10.3. The molecule has 1 aliphatic heterocycles. The smallest absolute Gasteiger partial charge is 0.154 e. The van der Waals surface area contributed by atoms with Crippen molar-refractivity contribution in [2.24, 2.45) is 5.92 Å². The number of hydrogen-bond acceptors (Lipinski definition) is 2.